The zero-order valence-corrected chi connectivity index (χ0v) is 16.8. The van der Waals surface area contributed by atoms with Gasteiger partial charge in [-0.3, -0.25) is 9.59 Å². The molecular weight excluding hydrogens is 439 g/mol. The average Bonchev–Trinajstić information content (AvgIpc) is 2.72. The SMILES string of the molecule is O=C(Nc1ccc2c(c1)N(Cc1ccc(F)cc1)C(=O)CO2)c1ccccc1Br. The highest BCUT2D eigenvalue weighted by Crippen LogP contribution is 2.35. The number of anilines is 2. The van der Waals surface area contributed by atoms with Crippen molar-refractivity contribution in [2.75, 3.05) is 16.8 Å². The second kappa shape index (κ2) is 8.05. The van der Waals surface area contributed by atoms with Crippen molar-refractivity contribution in [3.8, 4) is 5.75 Å². The van der Waals surface area contributed by atoms with Crippen molar-refractivity contribution in [2.24, 2.45) is 0 Å². The lowest BCUT2D eigenvalue weighted by Crippen LogP contribution is -2.38. The number of ether oxygens (including phenoxy) is 1. The van der Waals surface area contributed by atoms with Gasteiger partial charge in [0.1, 0.15) is 11.6 Å². The molecule has 0 bridgehead atoms. The Morgan fingerprint density at radius 1 is 1.10 bits per heavy atom. The van der Waals surface area contributed by atoms with E-state index in [0.717, 1.165) is 5.56 Å². The molecule has 4 rings (SSSR count). The molecule has 2 amide bonds. The van der Waals surface area contributed by atoms with Crippen molar-refractivity contribution < 1.29 is 18.7 Å². The van der Waals surface area contributed by atoms with Gasteiger partial charge in [-0.15, -0.1) is 0 Å². The van der Waals surface area contributed by atoms with Crippen LogP contribution in [0.25, 0.3) is 0 Å². The summed E-state index contributed by atoms with van der Waals surface area (Å²) >= 11 is 3.37. The summed E-state index contributed by atoms with van der Waals surface area (Å²) in [5.74, 6) is -0.271. The summed E-state index contributed by atoms with van der Waals surface area (Å²) in [6.45, 7) is 0.202. The molecule has 3 aromatic carbocycles. The summed E-state index contributed by atoms with van der Waals surface area (Å²) in [6, 6.07) is 18.2. The molecular formula is C22H16BrFN2O3. The maximum Gasteiger partial charge on any atom is 0.265 e. The van der Waals surface area contributed by atoms with E-state index in [4.69, 9.17) is 4.74 Å². The molecule has 0 saturated heterocycles. The van der Waals surface area contributed by atoms with Crippen molar-refractivity contribution in [3.63, 3.8) is 0 Å². The molecule has 1 aliphatic rings. The lowest BCUT2D eigenvalue weighted by molar-refractivity contribution is -0.121. The average molecular weight is 455 g/mol. The van der Waals surface area contributed by atoms with Crippen LogP contribution < -0.4 is 15.0 Å². The first-order valence-corrected chi connectivity index (χ1v) is 9.68. The molecule has 1 N–H and O–H groups in total. The Bertz CT molecular complexity index is 1090. The van der Waals surface area contributed by atoms with Crippen LogP contribution in [0.1, 0.15) is 15.9 Å². The fourth-order valence-corrected chi connectivity index (χ4v) is 3.53. The second-order valence-corrected chi connectivity index (χ2v) is 7.37. The van der Waals surface area contributed by atoms with Gasteiger partial charge in [-0.1, -0.05) is 24.3 Å². The fraction of sp³-hybridized carbons (Fsp3) is 0.0909. The van der Waals surface area contributed by atoms with Crippen LogP contribution in [0.3, 0.4) is 0 Å². The van der Waals surface area contributed by atoms with Crippen molar-refractivity contribution in [1.29, 1.82) is 0 Å². The van der Waals surface area contributed by atoms with Crippen LogP contribution >= 0.6 is 15.9 Å². The lowest BCUT2D eigenvalue weighted by Gasteiger charge is -2.30. The predicted octanol–water partition coefficient (Wildman–Crippen LogP) is 4.77. The third-order valence-electron chi connectivity index (χ3n) is 4.53. The molecule has 0 spiro atoms. The fourth-order valence-electron chi connectivity index (χ4n) is 3.07. The number of nitrogens with one attached hydrogen (secondary N) is 1. The van der Waals surface area contributed by atoms with Gasteiger partial charge in [0.2, 0.25) is 0 Å². The van der Waals surface area contributed by atoms with E-state index in [9.17, 15) is 14.0 Å². The Balaban J connectivity index is 1.61. The van der Waals surface area contributed by atoms with Crippen LogP contribution in [-0.2, 0) is 11.3 Å². The number of amides is 2. The molecule has 7 heteroatoms. The van der Waals surface area contributed by atoms with E-state index in [2.05, 4.69) is 21.2 Å². The normalized spacial score (nSPS) is 12.9. The molecule has 1 aliphatic heterocycles. The predicted molar refractivity (Wildman–Crippen MR) is 112 cm³/mol. The highest BCUT2D eigenvalue weighted by Gasteiger charge is 2.26. The first-order valence-electron chi connectivity index (χ1n) is 8.89. The number of hydrogen-bond donors (Lipinski definition) is 1. The zero-order chi connectivity index (χ0) is 20.4. The van der Waals surface area contributed by atoms with Gasteiger partial charge >= 0.3 is 0 Å². The van der Waals surface area contributed by atoms with E-state index in [1.165, 1.54) is 12.1 Å². The van der Waals surface area contributed by atoms with E-state index in [1.807, 2.05) is 6.07 Å². The van der Waals surface area contributed by atoms with Crippen LogP contribution in [0.4, 0.5) is 15.8 Å². The standard InChI is InChI=1S/C22H16BrFN2O3/c23-18-4-2-1-3-17(18)22(28)25-16-9-10-20-19(11-16)26(21(27)13-29-20)12-14-5-7-15(24)8-6-14/h1-11H,12-13H2,(H,25,28). The topological polar surface area (TPSA) is 58.6 Å². The summed E-state index contributed by atoms with van der Waals surface area (Å²) < 4.78 is 19.4. The highest BCUT2D eigenvalue weighted by molar-refractivity contribution is 9.10. The number of nitrogens with zero attached hydrogens (tertiary/aromatic N) is 1. The lowest BCUT2D eigenvalue weighted by atomic mass is 10.1. The van der Waals surface area contributed by atoms with E-state index in [0.29, 0.717) is 27.2 Å². The molecule has 0 atom stereocenters. The molecule has 0 aromatic heterocycles. The molecule has 5 nitrogen and oxygen atoms in total. The molecule has 0 fully saturated rings. The van der Waals surface area contributed by atoms with Crippen LogP contribution in [0, 0.1) is 5.82 Å². The van der Waals surface area contributed by atoms with Crippen LogP contribution in [0.15, 0.2) is 71.2 Å². The summed E-state index contributed by atoms with van der Waals surface area (Å²) in [7, 11) is 0. The van der Waals surface area contributed by atoms with Crippen LogP contribution in [0.5, 0.6) is 5.75 Å². The number of carbonyl (C=O) groups is 2. The Kier molecular flexibility index (Phi) is 5.31. The summed E-state index contributed by atoms with van der Waals surface area (Å²) in [6.07, 6.45) is 0. The van der Waals surface area contributed by atoms with E-state index < -0.39 is 0 Å². The van der Waals surface area contributed by atoms with Crippen LogP contribution in [0.2, 0.25) is 0 Å². The van der Waals surface area contributed by atoms with Gasteiger partial charge in [0.05, 0.1) is 17.8 Å². The van der Waals surface area contributed by atoms with Gasteiger partial charge in [0.15, 0.2) is 6.61 Å². The molecule has 1 heterocycles. The van der Waals surface area contributed by atoms with Crippen molar-refractivity contribution >= 4 is 39.1 Å². The molecule has 0 radical (unpaired) electrons. The molecule has 0 saturated carbocycles. The molecule has 146 valence electrons. The first kappa shape index (κ1) is 19.1. The van der Waals surface area contributed by atoms with Crippen molar-refractivity contribution in [1.82, 2.24) is 0 Å². The summed E-state index contributed by atoms with van der Waals surface area (Å²) in [4.78, 5) is 26.6. The first-order chi connectivity index (χ1) is 14.0. The van der Waals surface area contributed by atoms with Gasteiger partial charge in [-0.05, 0) is 64.0 Å². The Labute approximate surface area is 175 Å². The Hall–Kier alpha value is -3.19. The molecule has 3 aromatic rings. The van der Waals surface area contributed by atoms with Gasteiger partial charge in [-0.2, -0.15) is 0 Å². The molecule has 0 aliphatic carbocycles. The third kappa shape index (κ3) is 4.14. The zero-order valence-electron chi connectivity index (χ0n) is 15.2. The summed E-state index contributed by atoms with van der Waals surface area (Å²) in [5, 5.41) is 2.84. The maximum absolute atomic E-state index is 13.2. The van der Waals surface area contributed by atoms with Gasteiger partial charge in [0.25, 0.3) is 11.8 Å². The van der Waals surface area contributed by atoms with E-state index in [1.54, 1.807) is 53.4 Å². The Morgan fingerprint density at radius 3 is 2.62 bits per heavy atom. The second-order valence-electron chi connectivity index (χ2n) is 6.51. The van der Waals surface area contributed by atoms with E-state index in [-0.39, 0.29) is 30.8 Å². The number of rotatable bonds is 4. The molecule has 0 unspecified atom stereocenters. The quantitative estimate of drug-likeness (QED) is 0.617. The minimum Gasteiger partial charge on any atom is -0.482 e. The van der Waals surface area contributed by atoms with Crippen molar-refractivity contribution in [2.45, 2.75) is 6.54 Å². The maximum atomic E-state index is 13.2. The number of fused-ring (bicyclic) bond motifs is 1. The minimum absolute atomic E-state index is 0.0726. The smallest absolute Gasteiger partial charge is 0.265 e. The van der Waals surface area contributed by atoms with Gasteiger partial charge < -0.3 is 15.0 Å². The Morgan fingerprint density at radius 2 is 1.86 bits per heavy atom. The summed E-state index contributed by atoms with van der Waals surface area (Å²) in [5.41, 5.74) is 2.37. The van der Waals surface area contributed by atoms with E-state index >= 15 is 0 Å². The number of halogens is 2. The van der Waals surface area contributed by atoms with Gasteiger partial charge in [-0.25, -0.2) is 4.39 Å². The number of carbonyl (C=O) groups excluding carboxylic acids is 2. The number of benzene rings is 3. The third-order valence-corrected chi connectivity index (χ3v) is 5.22. The monoisotopic (exact) mass is 454 g/mol. The van der Waals surface area contributed by atoms with Gasteiger partial charge in [0, 0.05) is 10.2 Å². The molecule has 29 heavy (non-hydrogen) atoms. The van der Waals surface area contributed by atoms with Crippen LogP contribution in [-0.4, -0.2) is 18.4 Å². The minimum atomic E-state index is -0.334. The van der Waals surface area contributed by atoms with Crippen molar-refractivity contribution in [3.05, 3.63) is 88.1 Å². The highest BCUT2D eigenvalue weighted by atomic mass is 79.9. The largest absolute Gasteiger partial charge is 0.482 e. The number of hydrogen-bond acceptors (Lipinski definition) is 3.